The monoisotopic (exact) mass is 387 g/mol. The average Bonchev–Trinajstić information content (AvgIpc) is 3.24. The Morgan fingerprint density at radius 1 is 1.32 bits per heavy atom. The molecule has 0 saturated carbocycles. The summed E-state index contributed by atoms with van der Waals surface area (Å²) in [6.45, 7) is 3.51. The van der Waals surface area contributed by atoms with E-state index in [0.717, 1.165) is 12.8 Å². The molecule has 0 unspecified atom stereocenters. The molecule has 0 spiro atoms. The van der Waals surface area contributed by atoms with Gasteiger partial charge in [0, 0.05) is 18.1 Å². The van der Waals surface area contributed by atoms with E-state index in [4.69, 9.17) is 4.42 Å². The fourth-order valence-electron chi connectivity index (χ4n) is 4.62. The Labute approximate surface area is 162 Å². The summed E-state index contributed by atoms with van der Waals surface area (Å²) in [7, 11) is 2.17. The molecule has 1 amide bonds. The van der Waals surface area contributed by atoms with Gasteiger partial charge in [-0.1, -0.05) is 0 Å². The van der Waals surface area contributed by atoms with Crippen LogP contribution >= 0.6 is 0 Å². The fourth-order valence-corrected chi connectivity index (χ4v) is 4.62. The maximum Gasteiger partial charge on any atom is 0.312 e. The van der Waals surface area contributed by atoms with E-state index in [1.165, 1.54) is 17.5 Å². The smallest absolute Gasteiger partial charge is 0.312 e. The van der Waals surface area contributed by atoms with Crippen LogP contribution in [0.25, 0.3) is 0 Å². The Balaban J connectivity index is 1.41. The van der Waals surface area contributed by atoms with E-state index >= 15 is 0 Å². The summed E-state index contributed by atoms with van der Waals surface area (Å²) in [5, 5.41) is 18.5. The first-order valence-corrected chi connectivity index (χ1v) is 9.63. The van der Waals surface area contributed by atoms with Crippen LogP contribution in [0.2, 0.25) is 0 Å². The predicted molar refractivity (Wildman–Crippen MR) is 101 cm³/mol. The van der Waals surface area contributed by atoms with Crippen LogP contribution < -0.4 is 5.32 Å². The minimum absolute atomic E-state index is 0.0152. The summed E-state index contributed by atoms with van der Waals surface area (Å²) in [6, 6.07) is 4.65. The molecule has 4 heterocycles. The lowest BCUT2D eigenvalue weighted by Gasteiger charge is -2.36. The number of nitrogens with one attached hydrogen (secondary N) is 1. The number of furan rings is 1. The van der Waals surface area contributed by atoms with Crippen LogP contribution in [0, 0.1) is 24.0 Å². The first kappa shape index (κ1) is 18.7. The van der Waals surface area contributed by atoms with Crippen molar-refractivity contribution < 1.29 is 14.1 Å². The van der Waals surface area contributed by atoms with Crippen molar-refractivity contribution in [1.82, 2.24) is 20.0 Å². The Morgan fingerprint density at radius 2 is 2.00 bits per heavy atom. The van der Waals surface area contributed by atoms with Gasteiger partial charge in [0.05, 0.1) is 11.5 Å². The predicted octanol–water partition coefficient (Wildman–Crippen LogP) is 2.40. The number of amides is 1. The molecule has 4 rings (SSSR count). The average molecular weight is 387 g/mol. The number of nitrogens with zero attached hydrogens (tertiary/aromatic N) is 4. The lowest BCUT2D eigenvalue weighted by atomic mass is 9.98. The molecule has 2 atom stereocenters. The number of fused-ring (bicyclic) bond motifs is 2. The fraction of sp³-hybridized carbons (Fsp3) is 0.579. The number of carbonyl (C=O) groups is 1. The number of nitro groups is 1. The number of hydrogen-bond acceptors (Lipinski definition) is 6. The molecule has 0 aromatic carbocycles. The molecule has 150 valence electrons. The molecule has 2 aliphatic rings. The quantitative estimate of drug-likeness (QED) is 0.624. The van der Waals surface area contributed by atoms with Crippen LogP contribution in [-0.4, -0.2) is 50.7 Å². The van der Waals surface area contributed by atoms with E-state index in [9.17, 15) is 14.9 Å². The van der Waals surface area contributed by atoms with Crippen LogP contribution in [0.5, 0.6) is 0 Å². The molecule has 0 radical (unpaired) electrons. The zero-order valence-corrected chi connectivity index (χ0v) is 16.3. The number of rotatable bonds is 5. The van der Waals surface area contributed by atoms with Gasteiger partial charge in [-0.15, -0.1) is 0 Å². The van der Waals surface area contributed by atoms with Crippen LogP contribution in [0.3, 0.4) is 0 Å². The number of aryl methyl sites for hydroxylation is 1. The molecule has 9 nitrogen and oxygen atoms in total. The van der Waals surface area contributed by atoms with Gasteiger partial charge in [0.25, 0.3) is 5.91 Å². The standard InChI is InChI=1S/C19H25N5O4/c1-11-18(24(26)27)12(2)23(21-11)10-16-6-7-17(28-16)19(25)20-13-8-14-4-5-15(9-13)22(14)3/h6-7,13-15H,4-5,8-10H2,1-3H3,(H,20,25)/t14-,15-/m0/s1. The van der Waals surface area contributed by atoms with E-state index in [2.05, 4.69) is 22.4 Å². The summed E-state index contributed by atoms with van der Waals surface area (Å²) >= 11 is 0. The second kappa shape index (κ2) is 7.05. The van der Waals surface area contributed by atoms with Crippen molar-refractivity contribution in [3.63, 3.8) is 0 Å². The summed E-state index contributed by atoms with van der Waals surface area (Å²) in [5.74, 6) is 0.589. The Kier molecular flexibility index (Phi) is 4.70. The number of piperidine rings is 1. The van der Waals surface area contributed by atoms with Crippen molar-refractivity contribution in [3.05, 3.63) is 45.2 Å². The summed E-state index contributed by atoms with van der Waals surface area (Å²) in [4.78, 5) is 25.7. The highest BCUT2D eigenvalue weighted by Gasteiger charge is 2.39. The number of aromatic nitrogens is 2. The van der Waals surface area contributed by atoms with E-state index in [1.807, 2.05) is 0 Å². The van der Waals surface area contributed by atoms with Gasteiger partial charge in [-0.25, -0.2) is 0 Å². The molecule has 2 fully saturated rings. The molecule has 2 saturated heterocycles. The van der Waals surface area contributed by atoms with Gasteiger partial charge < -0.3 is 14.6 Å². The van der Waals surface area contributed by atoms with Crippen LogP contribution in [0.1, 0.15) is 53.4 Å². The number of hydrogen-bond donors (Lipinski definition) is 1. The largest absolute Gasteiger partial charge is 0.454 e. The molecule has 28 heavy (non-hydrogen) atoms. The van der Waals surface area contributed by atoms with Crippen LogP contribution in [-0.2, 0) is 6.54 Å². The Morgan fingerprint density at radius 3 is 2.61 bits per heavy atom. The third-order valence-corrected chi connectivity index (χ3v) is 6.15. The van der Waals surface area contributed by atoms with Gasteiger partial charge in [-0.2, -0.15) is 5.10 Å². The first-order chi connectivity index (χ1) is 13.3. The van der Waals surface area contributed by atoms with Crippen molar-refractivity contribution in [2.45, 2.75) is 64.2 Å². The molecule has 9 heteroatoms. The molecular formula is C19H25N5O4. The Bertz CT molecular complexity index is 904. The molecular weight excluding hydrogens is 362 g/mol. The Hall–Kier alpha value is -2.68. The van der Waals surface area contributed by atoms with Crippen molar-refractivity contribution in [2.75, 3.05) is 7.05 Å². The van der Waals surface area contributed by atoms with Crippen molar-refractivity contribution >= 4 is 11.6 Å². The third kappa shape index (κ3) is 3.30. The van der Waals surface area contributed by atoms with E-state index in [1.54, 1.807) is 26.0 Å². The third-order valence-electron chi connectivity index (χ3n) is 6.15. The van der Waals surface area contributed by atoms with Gasteiger partial charge in [0.2, 0.25) is 0 Å². The molecule has 1 N–H and O–H groups in total. The van der Waals surface area contributed by atoms with E-state index in [-0.39, 0.29) is 29.9 Å². The molecule has 2 aromatic rings. The van der Waals surface area contributed by atoms with Gasteiger partial charge in [-0.3, -0.25) is 19.6 Å². The van der Waals surface area contributed by atoms with Gasteiger partial charge in [-0.05, 0) is 58.7 Å². The topological polar surface area (TPSA) is 106 Å². The van der Waals surface area contributed by atoms with Crippen molar-refractivity contribution in [1.29, 1.82) is 0 Å². The second-order valence-corrected chi connectivity index (χ2v) is 7.89. The lowest BCUT2D eigenvalue weighted by Crippen LogP contribution is -2.48. The highest BCUT2D eigenvalue weighted by atomic mass is 16.6. The highest BCUT2D eigenvalue weighted by Crippen LogP contribution is 2.34. The van der Waals surface area contributed by atoms with Crippen LogP contribution in [0.4, 0.5) is 5.69 Å². The van der Waals surface area contributed by atoms with E-state index < -0.39 is 4.92 Å². The van der Waals surface area contributed by atoms with Gasteiger partial charge in [0.1, 0.15) is 17.1 Å². The summed E-state index contributed by atoms with van der Waals surface area (Å²) in [5.41, 5.74) is 0.844. The van der Waals surface area contributed by atoms with E-state index in [0.29, 0.717) is 29.2 Å². The maximum atomic E-state index is 12.6. The molecule has 2 bridgehead atoms. The second-order valence-electron chi connectivity index (χ2n) is 7.89. The highest BCUT2D eigenvalue weighted by molar-refractivity contribution is 5.91. The zero-order chi connectivity index (χ0) is 20.0. The lowest BCUT2D eigenvalue weighted by molar-refractivity contribution is -0.386. The normalized spacial score (nSPS) is 24.5. The molecule has 2 aromatic heterocycles. The minimum Gasteiger partial charge on any atom is -0.454 e. The molecule has 2 aliphatic heterocycles. The minimum atomic E-state index is -0.427. The number of carbonyl (C=O) groups excluding carboxylic acids is 1. The first-order valence-electron chi connectivity index (χ1n) is 9.63. The zero-order valence-electron chi connectivity index (χ0n) is 16.3. The van der Waals surface area contributed by atoms with Crippen molar-refractivity contribution in [2.24, 2.45) is 0 Å². The maximum absolute atomic E-state index is 12.6. The van der Waals surface area contributed by atoms with Crippen molar-refractivity contribution in [3.8, 4) is 0 Å². The van der Waals surface area contributed by atoms with Gasteiger partial charge >= 0.3 is 5.69 Å². The molecule has 0 aliphatic carbocycles. The summed E-state index contributed by atoms with van der Waals surface area (Å²) in [6.07, 6.45) is 4.35. The summed E-state index contributed by atoms with van der Waals surface area (Å²) < 4.78 is 7.22. The van der Waals surface area contributed by atoms with Gasteiger partial charge in [0.15, 0.2) is 5.76 Å². The van der Waals surface area contributed by atoms with Crippen LogP contribution in [0.15, 0.2) is 16.5 Å². The SMILES string of the molecule is Cc1nn(Cc2ccc(C(=O)NC3C[C@@H]4CC[C@@H](C3)N4C)o2)c(C)c1[N+](=O)[O-].